The van der Waals surface area contributed by atoms with E-state index in [0.29, 0.717) is 11.1 Å². The van der Waals surface area contributed by atoms with Crippen LogP contribution in [0.2, 0.25) is 0 Å². The Hall–Kier alpha value is -2.04. The highest BCUT2D eigenvalue weighted by atomic mass is 16.4. The number of hydrogen-bond acceptors (Lipinski definition) is 3. The molecule has 0 aliphatic heterocycles. The summed E-state index contributed by atoms with van der Waals surface area (Å²) in [6.07, 6.45) is 1.88. The number of amides is 1. The molecule has 0 atom stereocenters. The Morgan fingerprint density at radius 2 is 1.63 bits per heavy atom. The minimum Gasteiger partial charge on any atom is -0.409 e. The minimum atomic E-state index is 0.0229. The first-order valence-electron chi connectivity index (χ1n) is 6.51. The monoisotopic (exact) mass is 263 g/mol. The summed E-state index contributed by atoms with van der Waals surface area (Å²) in [5.41, 5.74) is 6.70. The van der Waals surface area contributed by atoms with E-state index in [-0.39, 0.29) is 11.7 Å². The molecular formula is C14H21N3O2. The normalized spacial score (nSPS) is 11.4. The number of nitrogens with zero attached hydrogens (tertiary/aromatic N) is 2. The van der Waals surface area contributed by atoms with Crippen LogP contribution in [0.15, 0.2) is 29.4 Å². The molecule has 0 heterocycles. The Labute approximate surface area is 113 Å². The number of oxime groups is 1. The van der Waals surface area contributed by atoms with Gasteiger partial charge < -0.3 is 15.8 Å². The predicted molar refractivity (Wildman–Crippen MR) is 75.4 cm³/mol. The highest BCUT2D eigenvalue weighted by Gasteiger charge is 2.14. The highest BCUT2D eigenvalue weighted by Crippen LogP contribution is 2.09. The van der Waals surface area contributed by atoms with Gasteiger partial charge in [-0.1, -0.05) is 31.1 Å². The highest BCUT2D eigenvalue weighted by molar-refractivity contribution is 5.99. The lowest BCUT2D eigenvalue weighted by Gasteiger charge is -2.21. The van der Waals surface area contributed by atoms with Gasteiger partial charge in [-0.3, -0.25) is 4.79 Å². The van der Waals surface area contributed by atoms with Crippen molar-refractivity contribution in [2.75, 3.05) is 13.1 Å². The summed E-state index contributed by atoms with van der Waals surface area (Å²) in [6, 6.07) is 6.76. The van der Waals surface area contributed by atoms with Gasteiger partial charge in [0, 0.05) is 24.2 Å². The average Bonchev–Trinajstić information content (AvgIpc) is 2.45. The molecule has 1 aromatic carbocycles. The van der Waals surface area contributed by atoms with Crippen molar-refractivity contribution in [1.29, 1.82) is 0 Å². The van der Waals surface area contributed by atoms with Crippen LogP contribution in [0.3, 0.4) is 0 Å². The topological polar surface area (TPSA) is 78.9 Å². The lowest BCUT2D eigenvalue weighted by Crippen LogP contribution is -2.32. The Morgan fingerprint density at radius 3 is 2.05 bits per heavy atom. The summed E-state index contributed by atoms with van der Waals surface area (Å²) in [5.74, 6) is 0.0627. The van der Waals surface area contributed by atoms with Gasteiger partial charge in [0.15, 0.2) is 5.84 Å². The van der Waals surface area contributed by atoms with Gasteiger partial charge in [-0.15, -0.1) is 0 Å². The standard InChI is InChI=1S/C14H21N3O2/c1-3-9-17(10-4-2)14(18)12-7-5-11(6-8-12)13(15)16-19/h5-8,19H,3-4,9-10H2,1-2H3,(H2,15,16). The first kappa shape index (κ1) is 15.0. The fourth-order valence-corrected chi connectivity index (χ4v) is 1.88. The SMILES string of the molecule is CCCN(CCC)C(=O)c1ccc(/C(N)=N/O)cc1. The molecule has 0 bridgehead atoms. The molecule has 104 valence electrons. The van der Waals surface area contributed by atoms with E-state index in [0.717, 1.165) is 25.9 Å². The van der Waals surface area contributed by atoms with Crippen molar-refractivity contribution in [2.45, 2.75) is 26.7 Å². The largest absolute Gasteiger partial charge is 0.409 e. The van der Waals surface area contributed by atoms with E-state index < -0.39 is 0 Å². The molecule has 5 heteroatoms. The van der Waals surface area contributed by atoms with Gasteiger partial charge in [-0.2, -0.15) is 0 Å². The molecule has 0 saturated carbocycles. The third kappa shape index (κ3) is 3.98. The quantitative estimate of drug-likeness (QED) is 0.357. The molecule has 0 aliphatic carbocycles. The molecule has 0 spiro atoms. The molecule has 19 heavy (non-hydrogen) atoms. The van der Waals surface area contributed by atoms with Gasteiger partial charge >= 0.3 is 0 Å². The summed E-state index contributed by atoms with van der Waals surface area (Å²) in [4.78, 5) is 14.1. The Balaban J connectivity index is 2.87. The molecule has 5 nitrogen and oxygen atoms in total. The molecule has 0 aliphatic rings. The van der Waals surface area contributed by atoms with Gasteiger partial charge in [0.2, 0.25) is 0 Å². The van der Waals surface area contributed by atoms with Crippen molar-refractivity contribution >= 4 is 11.7 Å². The van der Waals surface area contributed by atoms with E-state index in [9.17, 15) is 4.79 Å². The second kappa shape index (κ2) is 7.41. The van der Waals surface area contributed by atoms with Crippen LogP contribution in [-0.2, 0) is 0 Å². The van der Waals surface area contributed by atoms with E-state index in [2.05, 4.69) is 19.0 Å². The van der Waals surface area contributed by atoms with Gasteiger partial charge in [0.1, 0.15) is 0 Å². The lowest BCUT2D eigenvalue weighted by atomic mass is 10.1. The van der Waals surface area contributed by atoms with E-state index in [1.165, 1.54) is 0 Å². The van der Waals surface area contributed by atoms with E-state index in [1.807, 2.05) is 4.90 Å². The van der Waals surface area contributed by atoms with Crippen LogP contribution in [0.25, 0.3) is 0 Å². The number of carbonyl (C=O) groups is 1. The maximum Gasteiger partial charge on any atom is 0.253 e. The molecule has 0 aromatic heterocycles. The van der Waals surface area contributed by atoms with Gasteiger partial charge in [-0.25, -0.2) is 0 Å². The van der Waals surface area contributed by atoms with Crippen LogP contribution < -0.4 is 5.73 Å². The lowest BCUT2D eigenvalue weighted by molar-refractivity contribution is 0.0755. The smallest absolute Gasteiger partial charge is 0.253 e. The van der Waals surface area contributed by atoms with Crippen LogP contribution in [0, 0.1) is 0 Å². The molecular weight excluding hydrogens is 242 g/mol. The predicted octanol–water partition coefficient (Wildman–Crippen LogP) is 2.04. The van der Waals surface area contributed by atoms with Crippen molar-refractivity contribution in [3.05, 3.63) is 35.4 Å². The van der Waals surface area contributed by atoms with Crippen molar-refractivity contribution < 1.29 is 10.0 Å². The fraction of sp³-hybridized carbons (Fsp3) is 0.429. The second-order valence-electron chi connectivity index (χ2n) is 4.35. The second-order valence-corrected chi connectivity index (χ2v) is 4.35. The molecule has 0 saturated heterocycles. The van der Waals surface area contributed by atoms with Crippen LogP contribution in [0.5, 0.6) is 0 Å². The van der Waals surface area contributed by atoms with Crippen molar-refractivity contribution in [1.82, 2.24) is 4.90 Å². The molecule has 3 N–H and O–H groups in total. The average molecular weight is 263 g/mol. The van der Waals surface area contributed by atoms with E-state index >= 15 is 0 Å². The Morgan fingerprint density at radius 1 is 1.16 bits per heavy atom. The summed E-state index contributed by atoms with van der Waals surface area (Å²) >= 11 is 0. The fourth-order valence-electron chi connectivity index (χ4n) is 1.88. The van der Waals surface area contributed by atoms with Crippen LogP contribution >= 0.6 is 0 Å². The summed E-state index contributed by atoms with van der Waals surface area (Å²) < 4.78 is 0. The Kier molecular flexibility index (Phi) is 5.85. The van der Waals surface area contributed by atoms with Crippen LogP contribution in [0.4, 0.5) is 0 Å². The molecule has 0 radical (unpaired) electrons. The van der Waals surface area contributed by atoms with Crippen LogP contribution in [0.1, 0.15) is 42.6 Å². The maximum absolute atomic E-state index is 12.3. The third-order valence-electron chi connectivity index (χ3n) is 2.81. The third-order valence-corrected chi connectivity index (χ3v) is 2.81. The molecule has 1 rings (SSSR count). The number of amidine groups is 1. The van der Waals surface area contributed by atoms with Gasteiger partial charge in [0.05, 0.1) is 0 Å². The minimum absolute atomic E-state index is 0.0229. The molecule has 1 aromatic rings. The zero-order chi connectivity index (χ0) is 14.3. The van der Waals surface area contributed by atoms with E-state index in [4.69, 9.17) is 10.9 Å². The summed E-state index contributed by atoms with van der Waals surface area (Å²) in [6.45, 7) is 5.62. The molecule has 0 fully saturated rings. The molecule has 1 amide bonds. The summed E-state index contributed by atoms with van der Waals surface area (Å²) in [5, 5.41) is 11.5. The number of benzene rings is 1. The number of carbonyl (C=O) groups excluding carboxylic acids is 1. The van der Waals surface area contributed by atoms with Crippen molar-refractivity contribution in [2.24, 2.45) is 10.9 Å². The van der Waals surface area contributed by atoms with Gasteiger partial charge in [0.25, 0.3) is 5.91 Å². The first-order valence-corrected chi connectivity index (χ1v) is 6.51. The number of nitrogens with two attached hydrogens (primary N) is 1. The first-order chi connectivity index (χ1) is 9.13. The van der Waals surface area contributed by atoms with Gasteiger partial charge in [-0.05, 0) is 25.0 Å². The van der Waals surface area contributed by atoms with Crippen LogP contribution in [-0.4, -0.2) is 34.9 Å². The maximum atomic E-state index is 12.3. The zero-order valence-electron chi connectivity index (χ0n) is 11.5. The van der Waals surface area contributed by atoms with E-state index in [1.54, 1.807) is 24.3 Å². The zero-order valence-corrected chi connectivity index (χ0v) is 11.5. The summed E-state index contributed by atoms with van der Waals surface area (Å²) in [7, 11) is 0. The molecule has 0 unspecified atom stereocenters. The Bertz CT molecular complexity index is 435. The van der Waals surface area contributed by atoms with Crippen molar-refractivity contribution in [3.63, 3.8) is 0 Å². The van der Waals surface area contributed by atoms with Crippen molar-refractivity contribution in [3.8, 4) is 0 Å². The number of hydrogen-bond donors (Lipinski definition) is 2. The number of rotatable bonds is 6.